The van der Waals surface area contributed by atoms with Gasteiger partial charge in [0.25, 0.3) is 0 Å². The van der Waals surface area contributed by atoms with Crippen molar-refractivity contribution < 1.29 is 4.74 Å². The third-order valence-corrected chi connectivity index (χ3v) is 5.98. The van der Waals surface area contributed by atoms with Crippen molar-refractivity contribution in [2.45, 2.75) is 31.8 Å². The van der Waals surface area contributed by atoms with Crippen molar-refractivity contribution in [2.24, 2.45) is 14.1 Å². The number of nitrogens with zero attached hydrogens (tertiary/aromatic N) is 6. The van der Waals surface area contributed by atoms with Crippen molar-refractivity contribution in [3.63, 3.8) is 0 Å². The Morgan fingerprint density at radius 2 is 1.91 bits per heavy atom. The lowest BCUT2D eigenvalue weighted by Crippen LogP contribution is -2.14. The summed E-state index contributed by atoms with van der Waals surface area (Å²) >= 11 is 0. The zero-order valence-corrected chi connectivity index (χ0v) is 19.0. The van der Waals surface area contributed by atoms with Crippen molar-refractivity contribution >= 4 is 34.7 Å². The summed E-state index contributed by atoms with van der Waals surface area (Å²) in [6.45, 7) is 0. The van der Waals surface area contributed by atoms with E-state index in [1.54, 1.807) is 22.6 Å². The predicted molar refractivity (Wildman–Crippen MR) is 129 cm³/mol. The molecule has 0 aromatic carbocycles. The first-order valence-corrected chi connectivity index (χ1v) is 11.1. The van der Waals surface area contributed by atoms with Crippen molar-refractivity contribution in [1.82, 2.24) is 29.5 Å². The van der Waals surface area contributed by atoms with Crippen molar-refractivity contribution in [3.8, 4) is 17.1 Å². The number of aromatic nitrogens is 6. The lowest BCUT2D eigenvalue weighted by molar-refractivity contribution is 0.210. The predicted octanol–water partition coefficient (Wildman–Crippen LogP) is 3.87. The summed E-state index contributed by atoms with van der Waals surface area (Å²) in [4.78, 5) is 9.35. The molecule has 1 aliphatic carbocycles. The monoisotopic (exact) mass is 445 g/mol. The molecular weight excluding hydrogens is 418 g/mol. The Labute approximate surface area is 191 Å². The summed E-state index contributed by atoms with van der Waals surface area (Å²) < 4.78 is 9.76. The minimum absolute atomic E-state index is 0.181. The molecule has 10 heteroatoms. The Morgan fingerprint density at radius 1 is 1.09 bits per heavy atom. The first-order chi connectivity index (χ1) is 16.1. The van der Waals surface area contributed by atoms with E-state index >= 15 is 0 Å². The van der Waals surface area contributed by atoms with Crippen LogP contribution >= 0.6 is 0 Å². The molecule has 0 amide bonds. The van der Waals surface area contributed by atoms with Crippen LogP contribution in [-0.4, -0.2) is 48.9 Å². The molecule has 0 spiro atoms. The van der Waals surface area contributed by atoms with Gasteiger partial charge in [-0.1, -0.05) is 0 Å². The first kappa shape index (κ1) is 20.9. The third-order valence-electron chi connectivity index (χ3n) is 5.98. The van der Waals surface area contributed by atoms with Gasteiger partial charge in [0.05, 0.1) is 23.6 Å². The van der Waals surface area contributed by atoms with Crippen LogP contribution in [0.2, 0.25) is 0 Å². The molecule has 0 saturated heterocycles. The molecule has 1 saturated carbocycles. The molecular formula is C23H27N9O. The maximum atomic E-state index is 7.86. The Morgan fingerprint density at radius 3 is 2.67 bits per heavy atom. The normalized spacial score (nSPS) is 14.0. The molecule has 170 valence electrons. The topological polar surface area (TPSA) is 119 Å². The highest BCUT2D eigenvalue weighted by Crippen LogP contribution is 2.32. The van der Waals surface area contributed by atoms with Gasteiger partial charge in [-0.05, 0) is 37.8 Å². The number of pyridine rings is 2. The summed E-state index contributed by atoms with van der Waals surface area (Å²) in [6, 6.07) is 7.73. The van der Waals surface area contributed by atoms with E-state index in [-0.39, 0.29) is 6.10 Å². The van der Waals surface area contributed by atoms with Crippen LogP contribution in [0.3, 0.4) is 0 Å². The number of aryl methyl sites for hydroxylation is 2. The molecule has 0 radical (unpaired) electrons. The second kappa shape index (κ2) is 8.53. The highest BCUT2D eigenvalue weighted by atomic mass is 16.5. The van der Waals surface area contributed by atoms with E-state index in [0.29, 0.717) is 22.9 Å². The van der Waals surface area contributed by atoms with Gasteiger partial charge in [0.15, 0.2) is 5.65 Å². The standard InChI is InChI=1S/C23H27N9O/c1-25-22-16(12-24)19(33-15-6-4-5-7-15)11-20(29-22)28-21-10-18(30-31(21)2)17-9-8-14-13-26-32(3)23(14)27-17/h8-13,15,24H,4-7H2,1-3H3,(H2,25,28,29). The average Bonchev–Trinajstić information content (AvgIpc) is 3.55. The Bertz CT molecular complexity index is 1320. The van der Waals surface area contributed by atoms with E-state index in [2.05, 4.69) is 25.8 Å². The number of anilines is 3. The van der Waals surface area contributed by atoms with E-state index in [4.69, 9.17) is 15.1 Å². The summed E-state index contributed by atoms with van der Waals surface area (Å²) in [5.41, 5.74) is 2.97. The van der Waals surface area contributed by atoms with E-state index in [0.717, 1.165) is 41.1 Å². The van der Waals surface area contributed by atoms with Gasteiger partial charge < -0.3 is 20.8 Å². The van der Waals surface area contributed by atoms with Crippen LogP contribution in [0.1, 0.15) is 31.2 Å². The molecule has 4 aromatic heterocycles. The number of hydrogen-bond donors (Lipinski definition) is 3. The molecule has 0 unspecified atom stereocenters. The van der Waals surface area contributed by atoms with Gasteiger partial charge in [0.1, 0.15) is 28.9 Å². The molecule has 3 N–H and O–H groups in total. The fourth-order valence-corrected chi connectivity index (χ4v) is 4.21. The number of rotatable bonds is 7. The van der Waals surface area contributed by atoms with Gasteiger partial charge in [-0.15, -0.1) is 0 Å². The molecule has 4 heterocycles. The van der Waals surface area contributed by atoms with Gasteiger partial charge in [0.2, 0.25) is 0 Å². The summed E-state index contributed by atoms with van der Waals surface area (Å²) in [5, 5.41) is 24.2. The van der Waals surface area contributed by atoms with Crippen molar-refractivity contribution in [1.29, 1.82) is 5.41 Å². The second-order valence-electron chi connectivity index (χ2n) is 8.23. The molecule has 1 aliphatic rings. The summed E-state index contributed by atoms with van der Waals surface area (Å²) in [7, 11) is 5.54. The molecule has 0 atom stereocenters. The van der Waals surface area contributed by atoms with Crippen LogP contribution in [0, 0.1) is 5.41 Å². The number of ether oxygens (including phenoxy) is 1. The minimum atomic E-state index is 0.181. The first-order valence-electron chi connectivity index (χ1n) is 11.1. The summed E-state index contributed by atoms with van der Waals surface area (Å²) in [6.07, 6.45) is 7.69. The highest BCUT2D eigenvalue weighted by molar-refractivity contribution is 5.89. The van der Waals surface area contributed by atoms with Crippen LogP contribution in [-0.2, 0) is 14.1 Å². The highest BCUT2D eigenvalue weighted by Gasteiger charge is 2.20. The molecule has 0 bridgehead atoms. The fourth-order valence-electron chi connectivity index (χ4n) is 4.21. The summed E-state index contributed by atoms with van der Waals surface area (Å²) in [5.74, 6) is 2.63. The molecule has 10 nitrogen and oxygen atoms in total. The van der Waals surface area contributed by atoms with Gasteiger partial charge in [0, 0.05) is 44.9 Å². The van der Waals surface area contributed by atoms with E-state index in [1.807, 2.05) is 38.4 Å². The zero-order valence-electron chi connectivity index (χ0n) is 19.0. The lowest BCUT2D eigenvalue weighted by Gasteiger charge is -2.18. The Hall–Kier alpha value is -3.95. The average molecular weight is 446 g/mol. The largest absolute Gasteiger partial charge is 0.489 e. The Balaban J connectivity index is 1.46. The minimum Gasteiger partial charge on any atom is -0.489 e. The van der Waals surface area contributed by atoms with E-state index in [1.165, 1.54) is 19.1 Å². The fraction of sp³-hybridized carbons (Fsp3) is 0.348. The smallest absolute Gasteiger partial charge is 0.158 e. The molecule has 0 aliphatic heterocycles. The number of nitrogens with one attached hydrogen (secondary N) is 3. The zero-order chi connectivity index (χ0) is 22.9. The van der Waals surface area contributed by atoms with Crippen LogP contribution in [0.15, 0.2) is 30.5 Å². The Kier molecular flexibility index (Phi) is 5.41. The number of hydrogen-bond acceptors (Lipinski definition) is 8. The van der Waals surface area contributed by atoms with E-state index < -0.39 is 0 Å². The maximum Gasteiger partial charge on any atom is 0.158 e. The number of fused-ring (bicyclic) bond motifs is 1. The lowest BCUT2D eigenvalue weighted by atomic mass is 10.2. The van der Waals surface area contributed by atoms with Crippen molar-refractivity contribution in [3.05, 3.63) is 36.0 Å². The quantitative estimate of drug-likeness (QED) is 0.370. The van der Waals surface area contributed by atoms with Gasteiger partial charge in [-0.2, -0.15) is 10.2 Å². The second-order valence-corrected chi connectivity index (χ2v) is 8.23. The van der Waals surface area contributed by atoms with Crippen LogP contribution in [0.25, 0.3) is 22.4 Å². The molecule has 4 aromatic rings. The third kappa shape index (κ3) is 3.99. The van der Waals surface area contributed by atoms with E-state index in [9.17, 15) is 0 Å². The molecule has 5 rings (SSSR count). The van der Waals surface area contributed by atoms with Gasteiger partial charge >= 0.3 is 0 Å². The van der Waals surface area contributed by atoms with Crippen LogP contribution in [0.5, 0.6) is 5.75 Å². The van der Waals surface area contributed by atoms with Gasteiger partial charge in [-0.25, -0.2) is 9.97 Å². The molecule has 33 heavy (non-hydrogen) atoms. The van der Waals surface area contributed by atoms with Crippen molar-refractivity contribution in [2.75, 3.05) is 17.7 Å². The van der Waals surface area contributed by atoms with Crippen LogP contribution in [0.4, 0.5) is 17.5 Å². The van der Waals surface area contributed by atoms with Gasteiger partial charge in [-0.3, -0.25) is 9.36 Å². The SMILES string of the molecule is CNc1nc(Nc2cc(-c3ccc4cnn(C)c4n3)nn2C)cc(OC2CCCC2)c1C=N. The van der Waals surface area contributed by atoms with Crippen LogP contribution < -0.4 is 15.4 Å². The maximum absolute atomic E-state index is 7.86. The molecule has 1 fully saturated rings.